The van der Waals surface area contributed by atoms with Gasteiger partial charge in [0.25, 0.3) is 0 Å². The maximum Gasteiger partial charge on any atom is 4.00 e. The van der Waals surface area contributed by atoms with E-state index in [1.807, 2.05) is 0 Å². The molecule has 0 aliphatic carbocycles. The average Bonchev–Trinajstić information content (AvgIpc) is 2.15. The first-order chi connectivity index (χ1) is 9.08. The van der Waals surface area contributed by atoms with Crippen LogP contribution in [0.25, 0.3) is 0 Å². The molecule has 0 N–H and O–H groups in total. The molecule has 0 atom stereocenters. The number of carbonyl (C=O) groups excluding carboxylic acids is 4. The summed E-state index contributed by atoms with van der Waals surface area (Å²) in [6, 6.07) is 0. The summed E-state index contributed by atoms with van der Waals surface area (Å²) in [6.45, 7) is 8.53. The van der Waals surface area contributed by atoms with E-state index in [1.54, 1.807) is 13.8 Å². The van der Waals surface area contributed by atoms with E-state index >= 15 is 0 Å². The van der Waals surface area contributed by atoms with Crippen molar-refractivity contribution < 1.29 is 51.1 Å². The molecule has 21 heavy (non-hydrogen) atoms. The van der Waals surface area contributed by atoms with Gasteiger partial charge in [-0.25, -0.2) is 0 Å². The van der Waals surface area contributed by atoms with Crippen molar-refractivity contribution in [2.75, 3.05) is 13.2 Å². The molecule has 120 valence electrons. The second kappa shape index (κ2) is 27.4. The first-order valence-electron chi connectivity index (χ1n) is 5.96. The van der Waals surface area contributed by atoms with E-state index in [0.29, 0.717) is 0 Å². The van der Waals surface area contributed by atoms with E-state index < -0.39 is 0 Å². The Balaban J connectivity index is -0.0000000576. The summed E-state index contributed by atoms with van der Waals surface area (Å²) >= 11 is 0. The van der Waals surface area contributed by atoms with Crippen LogP contribution in [-0.2, 0) is 40.9 Å². The normalized spacial score (nSPS) is 6.86. The predicted octanol–water partition coefficient (Wildman–Crippen LogP) is -0.532. The summed E-state index contributed by atoms with van der Waals surface area (Å²) < 4.78 is 0. The van der Waals surface area contributed by atoms with Gasteiger partial charge < -0.3 is 29.4 Å². The molecular weight excluding hydrogens is 312 g/mol. The first kappa shape index (κ1) is 32.1. The Morgan fingerprint density at radius 3 is 0.762 bits per heavy atom. The predicted molar refractivity (Wildman–Crippen MR) is 72.4 cm³/mol. The molecule has 0 fully saturated rings. The van der Waals surface area contributed by atoms with Crippen molar-refractivity contribution in [3.8, 4) is 0 Å². The van der Waals surface area contributed by atoms with E-state index in [9.17, 15) is 19.2 Å². The quantitative estimate of drug-likeness (QED) is 0.387. The fraction of sp³-hybridized carbons (Fsp3) is 0.571. The largest absolute Gasteiger partial charge is 4.00 e. The van der Waals surface area contributed by atoms with Crippen molar-refractivity contribution in [1.29, 1.82) is 0 Å². The molecule has 0 aromatic heterocycles. The van der Waals surface area contributed by atoms with Crippen molar-refractivity contribution in [3.63, 3.8) is 0 Å². The summed E-state index contributed by atoms with van der Waals surface area (Å²) in [5, 5.41) is 17.9. The van der Waals surface area contributed by atoms with E-state index in [2.05, 4.69) is 0 Å². The Morgan fingerprint density at radius 2 is 0.762 bits per heavy atom. The molecule has 6 nitrogen and oxygen atoms in total. The Morgan fingerprint density at radius 1 is 0.667 bits per heavy atom. The van der Waals surface area contributed by atoms with Crippen molar-refractivity contribution >= 4 is 23.1 Å². The van der Waals surface area contributed by atoms with Crippen LogP contribution >= 0.6 is 0 Å². The molecule has 0 aliphatic rings. The maximum atomic E-state index is 9.98. The van der Waals surface area contributed by atoms with Gasteiger partial charge in [-0.2, -0.15) is 0 Å². The molecule has 0 spiro atoms. The van der Waals surface area contributed by atoms with Crippen LogP contribution in [0.2, 0.25) is 0 Å². The topological polar surface area (TPSA) is 114 Å². The third-order valence-corrected chi connectivity index (χ3v) is 0.813. The van der Waals surface area contributed by atoms with Crippen LogP contribution in [0.1, 0.15) is 41.5 Å². The molecular formula is C14H24O6Ti. The van der Waals surface area contributed by atoms with Gasteiger partial charge in [-0.3, -0.25) is 12.8 Å². The molecule has 0 amide bonds. The van der Waals surface area contributed by atoms with Gasteiger partial charge >= 0.3 is 21.7 Å². The summed E-state index contributed by atoms with van der Waals surface area (Å²) in [6.07, 6.45) is 2.11. The number of hydrogen-bond donors (Lipinski definition) is 0. The molecule has 0 bridgehead atoms. The summed E-state index contributed by atoms with van der Waals surface area (Å²) in [5.74, 6) is -0.750. The van der Waals surface area contributed by atoms with Crippen molar-refractivity contribution in [2.24, 2.45) is 0 Å². The van der Waals surface area contributed by atoms with E-state index in [4.69, 9.17) is 10.2 Å². The van der Waals surface area contributed by atoms with Gasteiger partial charge in [-0.05, 0) is 27.7 Å². The van der Waals surface area contributed by atoms with Crippen LogP contribution in [-0.4, -0.2) is 36.3 Å². The second-order valence-corrected chi connectivity index (χ2v) is 3.31. The van der Waals surface area contributed by atoms with Gasteiger partial charge in [0.2, 0.25) is 0 Å². The van der Waals surface area contributed by atoms with Crippen LogP contribution in [0.4, 0.5) is 0 Å². The van der Waals surface area contributed by atoms with Crippen molar-refractivity contribution in [2.45, 2.75) is 41.5 Å². The Hall–Kier alpha value is -0.946. The van der Waals surface area contributed by atoms with Gasteiger partial charge in [-0.1, -0.05) is 13.8 Å². The number of hydrogen-bond acceptors (Lipinski definition) is 6. The molecule has 0 aliphatic heterocycles. The summed E-state index contributed by atoms with van der Waals surface area (Å²) in [7, 11) is 0. The van der Waals surface area contributed by atoms with Crippen molar-refractivity contribution in [3.05, 3.63) is 12.8 Å². The van der Waals surface area contributed by atoms with Crippen LogP contribution in [0.3, 0.4) is 0 Å². The van der Waals surface area contributed by atoms with Gasteiger partial charge in [0.05, 0.1) is 0 Å². The fourth-order valence-electron chi connectivity index (χ4n) is 0.572. The monoisotopic (exact) mass is 336 g/mol. The molecule has 0 saturated heterocycles. The molecule has 0 heterocycles. The van der Waals surface area contributed by atoms with E-state index in [1.165, 1.54) is 27.7 Å². The zero-order chi connectivity index (χ0) is 17.1. The zero-order valence-electron chi connectivity index (χ0n) is 13.5. The average molecular weight is 336 g/mol. The van der Waals surface area contributed by atoms with E-state index in [0.717, 1.165) is 12.8 Å². The van der Waals surface area contributed by atoms with Gasteiger partial charge in [0.15, 0.2) is 0 Å². The molecule has 0 unspecified atom stereocenters. The van der Waals surface area contributed by atoms with E-state index in [-0.39, 0.29) is 58.1 Å². The van der Waals surface area contributed by atoms with Gasteiger partial charge in [0.1, 0.15) is 0 Å². The third-order valence-electron chi connectivity index (χ3n) is 0.813. The van der Waals surface area contributed by atoms with Crippen LogP contribution in [0.15, 0.2) is 0 Å². The number of ketones is 4. The minimum Gasteiger partial charge on any atom is -0.855 e. The first-order valence-corrected chi connectivity index (χ1v) is 5.96. The molecule has 0 radical (unpaired) electrons. The Kier molecular flexibility index (Phi) is 41.9. The van der Waals surface area contributed by atoms with Gasteiger partial charge in [0, 0.05) is 23.1 Å². The second-order valence-electron chi connectivity index (χ2n) is 3.31. The number of Topliss-reactive ketones (excluding diaryl/α,β-unsaturated/α-hetero) is 4. The standard InChI is InChI=1S/2C5H7O2.2C2H5O.Ti/c2*1-4(6)3-5(2)7;2*1-2-3;/h2*3H,1-2H3;2*2H2,1H3;/q4*-1;+4. The van der Waals surface area contributed by atoms with Crippen LogP contribution in [0.5, 0.6) is 0 Å². The van der Waals surface area contributed by atoms with Gasteiger partial charge in [-0.15, -0.1) is 13.2 Å². The number of rotatable bonds is 4. The summed E-state index contributed by atoms with van der Waals surface area (Å²) in [5.41, 5.74) is 0. The molecule has 0 rings (SSSR count). The third kappa shape index (κ3) is 111. The smallest absolute Gasteiger partial charge is 0.855 e. The minimum atomic E-state index is -0.187. The van der Waals surface area contributed by atoms with Crippen LogP contribution < -0.4 is 10.2 Å². The molecule has 0 saturated carbocycles. The molecule has 0 aromatic rings. The molecule has 7 heteroatoms. The Labute approximate surface area is 142 Å². The van der Waals surface area contributed by atoms with Crippen molar-refractivity contribution in [1.82, 2.24) is 0 Å². The SMILES string of the molecule is CC(=O)[CH-]C(C)=O.CC(=O)[CH-]C(C)=O.CC[O-].CC[O-].[Ti+4]. The molecule has 0 aromatic carbocycles. The van der Waals surface area contributed by atoms with Crippen LogP contribution in [0, 0.1) is 12.8 Å². The zero-order valence-corrected chi connectivity index (χ0v) is 15.1. The maximum absolute atomic E-state index is 9.98. The fourth-order valence-corrected chi connectivity index (χ4v) is 0.572. The summed E-state index contributed by atoms with van der Waals surface area (Å²) in [4.78, 5) is 39.9. The Bertz CT molecular complexity index is 225. The number of carbonyl (C=O) groups is 4. The minimum absolute atomic E-state index is 0.